The lowest BCUT2D eigenvalue weighted by atomic mass is 10.1. The molecule has 46 heavy (non-hydrogen) atoms. The second-order valence-electron chi connectivity index (χ2n) is 11.0. The van der Waals surface area contributed by atoms with Crippen LogP contribution in [0.3, 0.4) is 0 Å². The second-order valence-corrected chi connectivity index (χ2v) is 13.4. The van der Waals surface area contributed by atoms with Gasteiger partial charge in [-0.15, -0.1) is 0 Å². The van der Waals surface area contributed by atoms with E-state index < -0.39 is 33.9 Å². The lowest BCUT2D eigenvalue weighted by Crippen LogP contribution is -2.32. The van der Waals surface area contributed by atoms with Gasteiger partial charge in [0.1, 0.15) is 5.69 Å². The van der Waals surface area contributed by atoms with Crippen LogP contribution in [0.2, 0.25) is 5.02 Å². The molecule has 5 rings (SSSR count). The molecule has 0 saturated carbocycles. The van der Waals surface area contributed by atoms with Gasteiger partial charge in [-0.3, -0.25) is 18.6 Å². The number of para-hydroxylation sites is 1. The van der Waals surface area contributed by atoms with Gasteiger partial charge in [0.05, 0.1) is 26.9 Å². The number of rotatable bonds is 9. The van der Waals surface area contributed by atoms with E-state index in [1.807, 2.05) is 55.7 Å². The van der Waals surface area contributed by atoms with Crippen LogP contribution in [-0.4, -0.2) is 47.8 Å². The van der Waals surface area contributed by atoms with Crippen LogP contribution >= 0.6 is 11.6 Å². The van der Waals surface area contributed by atoms with Gasteiger partial charge in [-0.2, -0.15) is 0 Å². The molecule has 0 aliphatic carbocycles. The van der Waals surface area contributed by atoms with E-state index >= 15 is 0 Å². The van der Waals surface area contributed by atoms with Crippen LogP contribution in [-0.2, 0) is 21.8 Å². The fraction of sp³-hybridized carbons (Fsp3) is 0.206. The predicted octanol–water partition coefficient (Wildman–Crippen LogP) is 5.72. The molecule has 12 heteroatoms. The van der Waals surface area contributed by atoms with Gasteiger partial charge < -0.3 is 9.30 Å². The molecule has 0 fully saturated rings. The minimum atomic E-state index is -4.34. The number of benzene rings is 3. The second kappa shape index (κ2) is 12.5. The zero-order chi connectivity index (χ0) is 33.5. The number of ether oxygens (including phenoxy) is 1. The van der Waals surface area contributed by atoms with E-state index in [2.05, 4.69) is 0 Å². The molecule has 0 atom stereocenters. The summed E-state index contributed by atoms with van der Waals surface area (Å²) in [5.41, 5.74) is 4.09. The Balaban J connectivity index is 1.38. The standard InChI is InChI=1S/C34H33ClN4O6S/c1-21-12-14-25(15-13-21)38-22(2)18-28(23(38)3)31(40)20-45-34(42)29-19-27(16-17-30(29)35)46(43,44)37(6)32-24(4)36(5)39(33(32)41)26-10-8-7-9-11-26/h7-19H,20H2,1-6H3. The molecule has 0 spiro atoms. The molecule has 238 valence electrons. The van der Waals surface area contributed by atoms with Crippen molar-refractivity contribution in [3.8, 4) is 11.4 Å². The van der Waals surface area contributed by atoms with Crippen molar-refractivity contribution >= 4 is 39.1 Å². The first-order valence-electron chi connectivity index (χ1n) is 14.3. The molecule has 0 saturated heterocycles. The number of esters is 1. The maximum atomic E-state index is 13.8. The average Bonchev–Trinajstić information content (AvgIpc) is 3.45. The zero-order valence-electron chi connectivity index (χ0n) is 26.2. The van der Waals surface area contributed by atoms with Crippen LogP contribution in [0.25, 0.3) is 11.4 Å². The van der Waals surface area contributed by atoms with Crippen LogP contribution in [0.1, 0.15) is 43.4 Å². The Labute approximate surface area is 272 Å². The predicted molar refractivity (Wildman–Crippen MR) is 177 cm³/mol. The monoisotopic (exact) mass is 660 g/mol. The maximum absolute atomic E-state index is 13.8. The lowest BCUT2D eigenvalue weighted by Gasteiger charge is -2.19. The SMILES string of the molecule is Cc1ccc(-n2c(C)cc(C(=O)COC(=O)c3cc(S(=O)(=O)N(C)c4c(C)n(C)n(-c5ccccc5)c4=O)ccc3Cl)c2C)cc1. The summed E-state index contributed by atoms with van der Waals surface area (Å²) >= 11 is 6.29. The summed E-state index contributed by atoms with van der Waals surface area (Å²) in [6.07, 6.45) is 0. The Bertz CT molecular complexity index is 2150. The fourth-order valence-electron chi connectivity index (χ4n) is 5.44. The number of anilines is 1. The van der Waals surface area contributed by atoms with E-state index in [-0.39, 0.29) is 21.2 Å². The van der Waals surface area contributed by atoms with Crippen LogP contribution in [0.5, 0.6) is 0 Å². The number of sulfonamides is 1. The van der Waals surface area contributed by atoms with Gasteiger partial charge >= 0.3 is 5.97 Å². The van der Waals surface area contributed by atoms with Crippen molar-refractivity contribution < 1.29 is 22.7 Å². The van der Waals surface area contributed by atoms with Crippen molar-refractivity contribution in [3.05, 3.63) is 128 Å². The Kier molecular flexibility index (Phi) is 8.83. The Morgan fingerprint density at radius 2 is 1.50 bits per heavy atom. The Morgan fingerprint density at radius 3 is 2.15 bits per heavy atom. The van der Waals surface area contributed by atoms with E-state index in [0.29, 0.717) is 22.6 Å². The molecule has 0 amide bonds. The van der Waals surface area contributed by atoms with Gasteiger partial charge in [0, 0.05) is 36.7 Å². The quantitative estimate of drug-likeness (QED) is 0.148. The third kappa shape index (κ3) is 5.79. The average molecular weight is 661 g/mol. The first-order chi connectivity index (χ1) is 21.7. The van der Waals surface area contributed by atoms with E-state index in [4.69, 9.17) is 16.3 Å². The smallest absolute Gasteiger partial charge is 0.340 e. The van der Waals surface area contributed by atoms with E-state index in [1.165, 1.54) is 23.9 Å². The number of halogens is 1. The summed E-state index contributed by atoms with van der Waals surface area (Å²) < 4.78 is 38.6. The van der Waals surface area contributed by atoms with Crippen molar-refractivity contribution in [1.82, 2.24) is 13.9 Å². The van der Waals surface area contributed by atoms with Gasteiger partial charge in [0.15, 0.2) is 6.61 Å². The van der Waals surface area contributed by atoms with Gasteiger partial charge in [-0.05, 0) is 76.2 Å². The molecular formula is C34H33ClN4O6S. The van der Waals surface area contributed by atoms with Gasteiger partial charge in [-0.1, -0.05) is 47.5 Å². The Hall–Kier alpha value is -4.87. The molecule has 3 aromatic carbocycles. The summed E-state index contributed by atoms with van der Waals surface area (Å²) in [7, 11) is -1.41. The third-order valence-electron chi connectivity index (χ3n) is 8.01. The summed E-state index contributed by atoms with van der Waals surface area (Å²) in [5.74, 6) is -1.39. The first kappa shape index (κ1) is 32.5. The molecule has 0 aliphatic rings. The molecule has 5 aromatic rings. The number of aromatic nitrogens is 3. The number of Topliss-reactive ketones (excluding diaryl/α,β-unsaturated/α-hetero) is 1. The van der Waals surface area contributed by atoms with Crippen molar-refractivity contribution in [2.75, 3.05) is 18.0 Å². The fourth-order valence-corrected chi connectivity index (χ4v) is 6.91. The number of hydrogen-bond acceptors (Lipinski definition) is 6. The molecule has 2 aromatic heterocycles. The molecule has 10 nitrogen and oxygen atoms in total. The minimum Gasteiger partial charge on any atom is -0.454 e. The Morgan fingerprint density at radius 1 is 0.848 bits per heavy atom. The van der Waals surface area contributed by atoms with E-state index in [9.17, 15) is 22.8 Å². The number of ketones is 1. The molecule has 2 heterocycles. The highest BCUT2D eigenvalue weighted by Crippen LogP contribution is 2.28. The lowest BCUT2D eigenvalue weighted by molar-refractivity contribution is 0.0474. The zero-order valence-corrected chi connectivity index (χ0v) is 27.8. The van der Waals surface area contributed by atoms with Crippen molar-refractivity contribution in [1.29, 1.82) is 0 Å². The van der Waals surface area contributed by atoms with Crippen LogP contribution in [0, 0.1) is 27.7 Å². The van der Waals surface area contributed by atoms with Crippen LogP contribution in [0.4, 0.5) is 5.69 Å². The molecule has 0 unspecified atom stereocenters. The van der Waals surface area contributed by atoms with E-state index in [1.54, 1.807) is 49.0 Å². The van der Waals surface area contributed by atoms with Gasteiger partial charge in [-0.25, -0.2) is 17.9 Å². The first-order valence-corrected chi connectivity index (χ1v) is 16.1. The number of carbonyl (C=O) groups is 2. The van der Waals surface area contributed by atoms with Crippen molar-refractivity contribution in [2.45, 2.75) is 32.6 Å². The molecule has 0 radical (unpaired) electrons. The van der Waals surface area contributed by atoms with Crippen LogP contribution in [0.15, 0.2) is 88.6 Å². The highest BCUT2D eigenvalue weighted by atomic mass is 35.5. The van der Waals surface area contributed by atoms with Crippen molar-refractivity contribution in [3.63, 3.8) is 0 Å². The summed E-state index contributed by atoms with van der Waals surface area (Å²) in [5, 5.41) is -0.0566. The molecule has 0 aliphatic heterocycles. The summed E-state index contributed by atoms with van der Waals surface area (Å²) in [6, 6.07) is 22.0. The van der Waals surface area contributed by atoms with Gasteiger partial charge in [0.2, 0.25) is 5.78 Å². The normalized spacial score (nSPS) is 11.5. The molecular weight excluding hydrogens is 628 g/mol. The highest BCUT2D eigenvalue weighted by molar-refractivity contribution is 7.92. The number of nitrogens with zero attached hydrogens (tertiary/aromatic N) is 4. The molecule has 0 bridgehead atoms. The van der Waals surface area contributed by atoms with Gasteiger partial charge in [0.25, 0.3) is 15.6 Å². The number of aryl methyl sites for hydroxylation is 2. The van der Waals surface area contributed by atoms with E-state index in [0.717, 1.165) is 27.3 Å². The summed E-state index contributed by atoms with van der Waals surface area (Å²) in [4.78, 5) is 39.4. The minimum absolute atomic E-state index is 0.0562. The number of hydrogen-bond donors (Lipinski definition) is 0. The highest BCUT2D eigenvalue weighted by Gasteiger charge is 2.30. The topological polar surface area (TPSA) is 113 Å². The third-order valence-corrected chi connectivity index (χ3v) is 10.1. The number of carbonyl (C=O) groups excluding carboxylic acids is 2. The van der Waals surface area contributed by atoms with Crippen LogP contribution < -0.4 is 9.86 Å². The largest absolute Gasteiger partial charge is 0.454 e. The van der Waals surface area contributed by atoms with Crippen molar-refractivity contribution in [2.24, 2.45) is 7.05 Å². The maximum Gasteiger partial charge on any atom is 0.340 e. The molecule has 0 N–H and O–H groups in total. The summed E-state index contributed by atoms with van der Waals surface area (Å²) in [6.45, 7) is 6.75.